The highest BCUT2D eigenvalue weighted by Crippen LogP contribution is 2.15. The first-order valence-corrected chi connectivity index (χ1v) is 4.55. The van der Waals surface area contributed by atoms with E-state index in [9.17, 15) is 0 Å². The Morgan fingerprint density at radius 2 is 1.18 bits per heavy atom. The van der Waals surface area contributed by atoms with E-state index in [-0.39, 0.29) is 0 Å². The number of allylic oxidation sites excluding steroid dienone is 2. The van der Waals surface area contributed by atoms with Gasteiger partial charge in [-0.15, -0.1) is 0 Å². The lowest BCUT2D eigenvalue weighted by Crippen LogP contribution is -1.85. The average Bonchev–Trinajstić information content (AvgIpc) is 2.09. The normalized spacial score (nSPS) is 16.1. The van der Waals surface area contributed by atoms with E-state index in [2.05, 4.69) is 13.2 Å². The van der Waals surface area contributed by atoms with Crippen molar-refractivity contribution in [2.75, 3.05) is 0 Å². The molecule has 0 aromatic rings. The third-order valence-electron chi connectivity index (χ3n) is 1.85. The molecule has 0 heterocycles. The Kier molecular flexibility index (Phi) is 7.23. The maximum Gasteiger partial charge on any atom is -0.0404 e. The van der Waals surface area contributed by atoms with Crippen LogP contribution < -0.4 is 0 Å². The van der Waals surface area contributed by atoms with E-state index in [0.717, 1.165) is 5.57 Å². The van der Waals surface area contributed by atoms with Crippen molar-refractivity contribution in [2.24, 2.45) is 0 Å². The van der Waals surface area contributed by atoms with Crippen LogP contribution in [0.3, 0.4) is 0 Å². The SMILES string of the molecule is C1CCCCC1.C=CC(=C)C. The van der Waals surface area contributed by atoms with Crippen LogP contribution in [-0.2, 0) is 0 Å². The van der Waals surface area contributed by atoms with E-state index in [1.54, 1.807) is 6.08 Å². The van der Waals surface area contributed by atoms with Gasteiger partial charge in [0.25, 0.3) is 0 Å². The minimum absolute atomic E-state index is 1.02. The number of hydrogen-bond acceptors (Lipinski definition) is 0. The summed E-state index contributed by atoms with van der Waals surface area (Å²) in [5.41, 5.74) is 1.02. The first-order chi connectivity index (χ1) is 5.27. The Hall–Kier alpha value is -0.520. The molecule has 0 spiro atoms. The molecule has 0 N–H and O–H groups in total. The lowest BCUT2D eigenvalue weighted by Gasteiger charge is -2.05. The maximum absolute atomic E-state index is 3.56. The standard InChI is InChI=1S/C6H12.C5H8/c1-2-4-6-5-3-1;1-4-5(2)3/h1-6H2;4H,1-2H2,3H3. The monoisotopic (exact) mass is 152 g/mol. The molecule has 1 aliphatic rings. The van der Waals surface area contributed by atoms with Crippen molar-refractivity contribution >= 4 is 0 Å². The summed E-state index contributed by atoms with van der Waals surface area (Å²) in [6, 6.07) is 0. The Morgan fingerprint density at radius 1 is 1.00 bits per heavy atom. The molecule has 0 nitrogen and oxygen atoms in total. The van der Waals surface area contributed by atoms with Gasteiger partial charge in [0.1, 0.15) is 0 Å². The van der Waals surface area contributed by atoms with Crippen molar-refractivity contribution in [3.8, 4) is 0 Å². The molecule has 1 aliphatic carbocycles. The van der Waals surface area contributed by atoms with Gasteiger partial charge < -0.3 is 0 Å². The molecule has 0 aliphatic heterocycles. The minimum Gasteiger partial charge on any atom is -0.0988 e. The van der Waals surface area contributed by atoms with E-state index >= 15 is 0 Å². The molecule has 0 aromatic carbocycles. The van der Waals surface area contributed by atoms with Crippen molar-refractivity contribution in [3.63, 3.8) is 0 Å². The van der Waals surface area contributed by atoms with Crippen LogP contribution in [0, 0.1) is 0 Å². The maximum atomic E-state index is 3.56. The van der Waals surface area contributed by atoms with Crippen molar-refractivity contribution in [1.82, 2.24) is 0 Å². The summed E-state index contributed by atoms with van der Waals surface area (Å²) in [5, 5.41) is 0. The molecule has 0 saturated heterocycles. The van der Waals surface area contributed by atoms with Gasteiger partial charge in [0, 0.05) is 0 Å². The van der Waals surface area contributed by atoms with Gasteiger partial charge in [0.15, 0.2) is 0 Å². The molecule has 0 bridgehead atoms. The van der Waals surface area contributed by atoms with E-state index < -0.39 is 0 Å². The van der Waals surface area contributed by atoms with E-state index in [1.807, 2.05) is 6.92 Å². The zero-order valence-corrected chi connectivity index (χ0v) is 7.73. The summed E-state index contributed by atoms with van der Waals surface area (Å²) in [4.78, 5) is 0. The Balaban J connectivity index is 0.000000187. The molecular formula is C11H20. The minimum atomic E-state index is 1.02. The van der Waals surface area contributed by atoms with E-state index in [4.69, 9.17) is 0 Å². The zero-order chi connectivity index (χ0) is 8.53. The van der Waals surface area contributed by atoms with Gasteiger partial charge in [-0.3, -0.25) is 0 Å². The predicted molar refractivity (Wildman–Crippen MR) is 52.7 cm³/mol. The van der Waals surface area contributed by atoms with Crippen molar-refractivity contribution in [2.45, 2.75) is 45.4 Å². The molecule has 0 unspecified atom stereocenters. The van der Waals surface area contributed by atoms with E-state index in [0.29, 0.717) is 0 Å². The van der Waals surface area contributed by atoms with Crippen LogP contribution in [0.1, 0.15) is 45.4 Å². The van der Waals surface area contributed by atoms with Crippen LogP contribution in [0.5, 0.6) is 0 Å². The summed E-state index contributed by atoms with van der Waals surface area (Å²) < 4.78 is 0. The fourth-order valence-electron chi connectivity index (χ4n) is 1.06. The Labute approximate surface area is 71.0 Å². The fraction of sp³-hybridized carbons (Fsp3) is 0.636. The summed E-state index contributed by atoms with van der Waals surface area (Å²) in [6.07, 6.45) is 10.7. The molecule has 0 amide bonds. The lowest BCUT2D eigenvalue weighted by atomic mass is 10.0. The predicted octanol–water partition coefficient (Wildman–Crippen LogP) is 4.09. The second-order valence-corrected chi connectivity index (χ2v) is 3.17. The van der Waals surface area contributed by atoms with Crippen LogP contribution in [0.25, 0.3) is 0 Å². The van der Waals surface area contributed by atoms with Crippen LogP contribution >= 0.6 is 0 Å². The molecular weight excluding hydrogens is 132 g/mol. The van der Waals surface area contributed by atoms with Crippen molar-refractivity contribution < 1.29 is 0 Å². The second-order valence-electron chi connectivity index (χ2n) is 3.17. The quantitative estimate of drug-likeness (QED) is 0.496. The first kappa shape index (κ1) is 10.5. The molecule has 0 aromatic heterocycles. The largest absolute Gasteiger partial charge is 0.0988 e. The topological polar surface area (TPSA) is 0 Å². The second kappa shape index (κ2) is 7.59. The number of hydrogen-bond donors (Lipinski definition) is 0. The molecule has 1 saturated carbocycles. The van der Waals surface area contributed by atoms with Crippen LogP contribution in [-0.4, -0.2) is 0 Å². The van der Waals surface area contributed by atoms with Gasteiger partial charge >= 0.3 is 0 Å². The Bertz CT molecular complexity index is 95.7. The summed E-state index contributed by atoms with van der Waals surface area (Å²) in [5.74, 6) is 0. The summed E-state index contributed by atoms with van der Waals surface area (Å²) in [6.45, 7) is 8.93. The van der Waals surface area contributed by atoms with Crippen molar-refractivity contribution in [3.05, 3.63) is 24.8 Å². The molecule has 0 atom stereocenters. The van der Waals surface area contributed by atoms with Gasteiger partial charge in [-0.1, -0.05) is 63.3 Å². The van der Waals surface area contributed by atoms with Gasteiger partial charge in [-0.05, 0) is 6.92 Å². The van der Waals surface area contributed by atoms with Gasteiger partial charge in [0.2, 0.25) is 0 Å². The third-order valence-corrected chi connectivity index (χ3v) is 1.85. The highest BCUT2D eigenvalue weighted by atomic mass is 14.0. The van der Waals surface area contributed by atoms with Crippen LogP contribution in [0.15, 0.2) is 24.8 Å². The third kappa shape index (κ3) is 9.48. The van der Waals surface area contributed by atoms with Gasteiger partial charge in [-0.25, -0.2) is 0 Å². The fourth-order valence-corrected chi connectivity index (χ4v) is 1.06. The van der Waals surface area contributed by atoms with E-state index in [1.165, 1.54) is 38.5 Å². The highest BCUT2D eigenvalue weighted by Gasteiger charge is 1.95. The summed E-state index contributed by atoms with van der Waals surface area (Å²) in [7, 11) is 0. The molecule has 64 valence electrons. The molecule has 0 radical (unpaired) electrons. The van der Waals surface area contributed by atoms with Gasteiger partial charge in [-0.2, -0.15) is 0 Å². The first-order valence-electron chi connectivity index (χ1n) is 4.55. The Morgan fingerprint density at radius 3 is 1.27 bits per heavy atom. The molecule has 1 rings (SSSR count). The highest BCUT2D eigenvalue weighted by molar-refractivity contribution is 5.05. The molecule has 1 fully saturated rings. The van der Waals surface area contributed by atoms with Crippen molar-refractivity contribution in [1.29, 1.82) is 0 Å². The van der Waals surface area contributed by atoms with Crippen LogP contribution in [0.4, 0.5) is 0 Å². The van der Waals surface area contributed by atoms with Crippen LogP contribution in [0.2, 0.25) is 0 Å². The average molecular weight is 152 g/mol. The van der Waals surface area contributed by atoms with Gasteiger partial charge in [0.05, 0.1) is 0 Å². The zero-order valence-electron chi connectivity index (χ0n) is 7.73. The molecule has 0 heteroatoms. The number of rotatable bonds is 1. The lowest BCUT2D eigenvalue weighted by molar-refractivity contribution is 0.504. The smallest absolute Gasteiger partial charge is 0.0404 e. The molecule has 11 heavy (non-hydrogen) atoms. The summed E-state index contributed by atoms with van der Waals surface area (Å²) >= 11 is 0.